The summed E-state index contributed by atoms with van der Waals surface area (Å²) >= 11 is 0. The number of Topliss-reactive ketones (excluding diaryl/α,β-unsaturated/α-hetero) is 1. The second-order valence-corrected chi connectivity index (χ2v) is 7.19. The van der Waals surface area contributed by atoms with Crippen molar-refractivity contribution >= 4 is 21.7 Å². The average molecular weight is 350 g/mol. The summed E-state index contributed by atoms with van der Waals surface area (Å²) in [6.45, 7) is 0. The van der Waals surface area contributed by atoms with Gasteiger partial charge in [-0.3, -0.25) is 4.79 Å². The molecular weight excluding hydrogens is 338 g/mol. The third-order valence-electron chi connectivity index (χ3n) is 3.68. The van der Waals surface area contributed by atoms with Gasteiger partial charge in [0.2, 0.25) is 0 Å². The normalized spacial score (nSPS) is 17.6. The number of hydrogen-bond donors (Lipinski definition) is 0. The van der Waals surface area contributed by atoms with Crippen molar-refractivity contribution in [1.82, 2.24) is 0 Å². The average Bonchev–Trinajstić information content (AvgIpc) is 2.52. The fourth-order valence-corrected chi connectivity index (χ4v) is 4.23. The van der Waals surface area contributed by atoms with Crippen LogP contribution in [0.1, 0.15) is 15.9 Å². The second kappa shape index (κ2) is 5.83. The van der Waals surface area contributed by atoms with Gasteiger partial charge < -0.3 is 4.74 Å². The predicted molar refractivity (Wildman–Crippen MR) is 83.7 cm³/mol. The van der Waals surface area contributed by atoms with Gasteiger partial charge in [-0.1, -0.05) is 12.1 Å². The maximum atomic E-state index is 13.8. The Bertz CT molecular complexity index is 978. The molecule has 1 heterocycles. The van der Waals surface area contributed by atoms with Crippen LogP contribution in [0.3, 0.4) is 0 Å². The molecule has 4 nitrogen and oxygen atoms in total. The summed E-state index contributed by atoms with van der Waals surface area (Å²) in [4.78, 5) is 11.9. The Labute approximate surface area is 137 Å². The van der Waals surface area contributed by atoms with Gasteiger partial charge in [-0.05, 0) is 35.9 Å². The Morgan fingerprint density at radius 1 is 1.12 bits per heavy atom. The number of fused-ring (bicyclic) bond motifs is 1. The quantitative estimate of drug-likeness (QED) is 0.781. The lowest BCUT2D eigenvalue weighted by Gasteiger charge is -2.18. The van der Waals surface area contributed by atoms with Gasteiger partial charge in [0.1, 0.15) is 10.7 Å². The minimum atomic E-state index is -3.98. The van der Waals surface area contributed by atoms with E-state index in [0.29, 0.717) is 5.56 Å². The molecule has 0 amide bonds. The summed E-state index contributed by atoms with van der Waals surface area (Å²) in [6, 6.07) is 7.54. The van der Waals surface area contributed by atoms with Crippen molar-refractivity contribution in [1.29, 1.82) is 0 Å². The molecule has 0 aliphatic carbocycles. The van der Waals surface area contributed by atoms with Crippen LogP contribution >= 0.6 is 0 Å². The van der Waals surface area contributed by atoms with Crippen LogP contribution in [-0.4, -0.2) is 27.1 Å². The van der Waals surface area contributed by atoms with Crippen LogP contribution in [0.5, 0.6) is 5.75 Å². The number of methoxy groups -OCH3 is 1. The first-order valence-electron chi connectivity index (χ1n) is 6.93. The number of ketones is 1. The molecule has 0 fully saturated rings. The number of hydrogen-bond acceptors (Lipinski definition) is 4. The SMILES string of the molecule is COc1ccc(C=C2CS(=O)(=O)c3c(F)cccc3C2=O)cc1F. The molecule has 2 aromatic carbocycles. The number of halogens is 2. The van der Waals surface area contributed by atoms with E-state index in [4.69, 9.17) is 4.74 Å². The summed E-state index contributed by atoms with van der Waals surface area (Å²) in [5.41, 5.74) is 0.0610. The molecule has 1 aliphatic rings. The standard InChI is InChI=1S/C17H12F2O4S/c1-23-15-6-5-10(8-14(15)19)7-11-9-24(21,22)17-12(16(11)20)3-2-4-13(17)18/h2-8H,9H2,1H3. The zero-order valence-electron chi connectivity index (χ0n) is 12.5. The molecule has 24 heavy (non-hydrogen) atoms. The van der Waals surface area contributed by atoms with E-state index in [1.807, 2.05) is 0 Å². The van der Waals surface area contributed by atoms with Gasteiger partial charge in [-0.15, -0.1) is 0 Å². The minimum absolute atomic E-state index is 0.0344. The third-order valence-corrected chi connectivity index (χ3v) is 5.40. The van der Waals surface area contributed by atoms with Crippen molar-refractivity contribution in [2.45, 2.75) is 4.90 Å². The summed E-state index contributed by atoms with van der Waals surface area (Å²) in [5.74, 6) is -2.77. The zero-order valence-corrected chi connectivity index (χ0v) is 13.4. The van der Waals surface area contributed by atoms with Crippen molar-refractivity contribution in [2.75, 3.05) is 12.9 Å². The Hall–Kier alpha value is -2.54. The van der Waals surface area contributed by atoms with Crippen LogP contribution < -0.4 is 4.74 Å². The summed E-state index contributed by atoms with van der Waals surface area (Å²) < 4.78 is 56.9. The van der Waals surface area contributed by atoms with E-state index in [-0.39, 0.29) is 16.9 Å². The molecule has 2 aromatic rings. The number of carbonyl (C=O) groups is 1. The van der Waals surface area contributed by atoms with E-state index in [2.05, 4.69) is 0 Å². The Kier molecular flexibility index (Phi) is 3.96. The van der Waals surface area contributed by atoms with Crippen molar-refractivity contribution in [3.05, 3.63) is 64.7 Å². The molecule has 0 spiro atoms. The lowest BCUT2D eigenvalue weighted by Crippen LogP contribution is -2.25. The topological polar surface area (TPSA) is 60.4 Å². The first-order valence-corrected chi connectivity index (χ1v) is 8.59. The van der Waals surface area contributed by atoms with Crippen LogP contribution in [0.4, 0.5) is 8.78 Å². The summed E-state index contributed by atoms with van der Waals surface area (Å²) in [5, 5.41) is 0. The monoisotopic (exact) mass is 350 g/mol. The van der Waals surface area contributed by atoms with Gasteiger partial charge in [-0.25, -0.2) is 17.2 Å². The fourth-order valence-electron chi connectivity index (χ4n) is 2.60. The number of benzene rings is 2. The van der Waals surface area contributed by atoms with Gasteiger partial charge in [0.15, 0.2) is 27.2 Å². The molecule has 7 heteroatoms. The molecule has 0 aromatic heterocycles. The van der Waals surface area contributed by atoms with E-state index in [0.717, 1.165) is 12.1 Å². The highest BCUT2D eigenvalue weighted by Gasteiger charge is 2.35. The van der Waals surface area contributed by atoms with Crippen LogP contribution in [0, 0.1) is 11.6 Å². The summed E-state index contributed by atoms with van der Waals surface area (Å²) in [6.07, 6.45) is 1.29. The molecule has 1 aliphatic heterocycles. The van der Waals surface area contributed by atoms with E-state index < -0.39 is 37.9 Å². The highest BCUT2D eigenvalue weighted by Crippen LogP contribution is 2.31. The number of rotatable bonds is 2. The molecule has 0 unspecified atom stereocenters. The van der Waals surface area contributed by atoms with Gasteiger partial charge in [-0.2, -0.15) is 0 Å². The number of ether oxygens (including phenoxy) is 1. The second-order valence-electron chi connectivity index (χ2n) is 5.27. The predicted octanol–water partition coefficient (Wildman–Crippen LogP) is 3.03. The molecule has 0 atom stereocenters. The largest absolute Gasteiger partial charge is 0.494 e. The Morgan fingerprint density at radius 3 is 2.54 bits per heavy atom. The van der Waals surface area contributed by atoms with Gasteiger partial charge in [0.25, 0.3) is 0 Å². The highest BCUT2D eigenvalue weighted by molar-refractivity contribution is 7.91. The van der Waals surface area contributed by atoms with Crippen LogP contribution in [0.25, 0.3) is 6.08 Å². The van der Waals surface area contributed by atoms with Gasteiger partial charge in [0.05, 0.1) is 12.9 Å². The number of carbonyl (C=O) groups excluding carboxylic acids is 1. The maximum absolute atomic E-state index is 13.8. The van der Waals surface area contributed by atoms with Gasteiger partial charge in [0, 0.05) is 11.1 Å². The first kappa shape index (κ1) is 16.3. The molecule has 3 rings (SSSR count). The van der Waals surface area contributed by atoms with Crippen molar-refractivity contribution in [3.63, 3.8) is 0 Å². The van der Waals surface area contributed by atoms with E-state index in [1.54, 1.807) is 0 Å². The maximum Gasteiger partial charge on any atom is 0.191 e. The van der Waals surface area contributed by atoms with E-state index >= 15 is 0 Å². The lowest BCUT2D eigenvalue weighted by atomic mass is 10.0. The molecule has 0 N–H and O–H groups in total. The fraction of sp³-hybridized carbons (Fsp3) is 0.118. The smallest absolute Gasteiger partial charge is 0.191 e. The van der Waals surface area contributed by atoms with Crippen LogP contribution in [-0.2, 0) is 9.84 Å². The number of sulfone groups is 1. The molecule has 0 saturated carbocycles. The summed E-state index contributed by atoms with van der Waals surface area (Å²) in [7, 11) is -2.66. The molecule has 124 valence electrons. The van der Waals surface area contributed by atoms with Crippen molar-refractivity contribution < 1.29 is 26.7 Å². The molecule has 0 bridgehead atoms. The van der Waals surface area contributed by atoms with Crippen molar-refractivity contribution in [3.8, 4) is 5.75 Å². The van der Waals surface area contributed by atoms with E-state index in [9.17, 15) is 22.0 Å². The van der Waals surface area contributed by atoms with Crippen molar-refractivity contribution in [2.24, 2.45) is 0 Å². The zero-order chi connectivity index (χ0) is 17.5. The Balaban J connectivity index is 2.11. The highest BCUT2D eigenvalue weighted by atomic mass is 32.2. The first-order chi connectivity index (χ1) is 11.3. The third kappa shape index (κ3) is 2.71. The lowest BCUT2D eigenvalue weighted by molar-refractivity contribution is 0.103. The van der Waals surface area contributed by atoms with E-state index in [1.165, 1.54) is 37.5 Å². The molecule has 0 saturated heterocycles. The molecule has 0 radical (unpaired) electrons. The van der Waals surface area contributed by atoms with Gasteiger partial charge >= 0.3 is 0 Å². The minimum Gasteiger partial charge on any atom is -0.494 e. The molecular formula is C17H12F2O4S. The van der Waals surface area contributed by atoms with Crippen LogP contribution in [0.15, 0.2) is 46.9 Å². The van der Waals surface area contributed by atoms with Crippen LogP contribution in [0.2, 0.25) is 0 Å². The Morgan fingerprint density at radius 2 is 1.88 bits per heavy atom.